The number of hydrogen-bond donors (Lipinski definition) is 1. The average molecular weight is 268 g/mol. The number of aryl methyl sites for hydroxylation is 1. The molecule has 0 saturated heterocycles. The normalized spacial score (nSPS) is 10.2. The second-order valence-electron chi connectivity index (χ2n) is 3.90. The maximum Gasteiger partial charge on any atom is 0.333 e. The van der Waals surface area contributed by atoms with E-state index in [-0.39, 0.29) is 12.3 Å². The summed E-state index contributed by atoms with van der Waals surface area (Å²) >= 11 is 0. The zero-order valence-corrected chi connectivity index (χ0v) is 10.8. The van der Waals surface area contributed by atoms with Gasteiger partial charge in [-0.1, -0.05) is 12.1 Å². The van der Waals surface area contributed by atoms with Crippen molar-refractivity contribution in [2.75, 3.05) is 20.3 Å². The first-order valence-corrected chi connectivity index (χ1v) is 5.70. The first kappa shape index (κ1) is 15.1. The molecule has 0 aliphatic heterocycles. The van der Waals surface area contributed by atoms with Gasteiger partial charge in [-0.3, -0.25) is 15.0 Å². The first-order chi connectivity index (χ1) is 9.04. The molecule has 0 bridgehead atoms. The fourth-order valence-corrected chi connectivity index (χ4v) is 1.48. The van der Waals surface area contributed by atoms with Crippen LogP contribution in [-0.2, 0) is 20.8 Å². The lowest BCUT2D eigenvalue weighted by molar-refractivity contribution is -0.385. The summed E-state index contributed by atoms with van der Waals surface area (Å²) in [6.45, 7) is 1.96. The van der Waals surface area contributed by atoms with Gasteiger partial charge in [-0.25, -0.2) is 10.3 Å². The largest absolute Gasteiger partial charge is 0.467 e. The van der Waals surface area contributed by atoms with Crippen molar-refractivity contribution in [2.24, 2.45) is 0 Å². The van der Waals surface area contributed by atoms with Crippen molar-refractivity contribution in [1.29, 1.82) is 0 Å². The lowest BCUT2D eigenvalue weighted by atomic mass is 10.1. The molecule has 0 aliphatic carbocycles. The van der Waals surface area contributed by atoms with E-state index in [1.165, 1.54) is 13.2 Å². The average Bonchev–Trinajstić information content (AvgIpc) is 2.39. The maximum atomic E-state index is 10.9. The van der Waals surface area contributed by atoms with Gasteiger partial charge in [-0.2, -0.15) is 0 Å². The van der Waals surface area contributed by atoms with Crippen LogP contribution in [0.1, 0.15) is 11.1 Å². The van der Waals surface area contributed by atoms with Gasteiger partial charge < -0.3 is 4.74 Å². The van der Waals surface area contributed by atoms with Crippen molar-refractivity contribution in [1.82, 2.24) is 5.48 Å². The van der Waals surface area contributed by atoms with Crippen molar-refractivity contribution in [3.05, 3.63) is 39.4 Å². The fraction of sp³-hybridized carbons (Fsp3) is 0.417. The Balaban J connectivity index is 2.45. The van der Waals surface area contributed by atoms with Gasteiger partial charge in [-0.15, -0.1) is 0 Å². The maximum absolute atomic E-state index is 10.9. The number of nitrogens with zero attached hydrogens (tertiary/aromatic N) is 1. The summed E-state index contributed by atoms with van der Waals surface area (Å²) in [6, 6.07) is 5.07. The number of carbonyl (C=O) groups is 1. The minimum atomic E-state index is -0.492. The van der Waals surface area contributed by atoms with Crippen LogP contribution in [0, 0.1) is 17.0 Å². The van der Waals surface area contributed by atoms with Crippen LogP contribution in [0.2, 0.25) is 0 Å². The number of methoxy groups -OCH3 is 1. The van der Waals surface area contributed by atoms with E-state index in [0.29, 0.717) is 18.5 Å². The molecule has 0 unspecified atom stereocenters. The van der Waals surface area contributed by atoms with Crippen molar-refractivity contribution >= 4 is 11.7 Å². The Morgan fingerprint density at radius 1 is 1.47 bits per heavy atom. The number of esters is 1. The highest BCUT2D eigenvalue weighted by Gasteiger charge is 2.13. The molecule has 0 radical (unpaired) electrons. The molecule has 0 amide bonds. The van der Waals surface area contributed by atoms with Crippen LogP contribution in [0.5, 0.6) is 0 Å². The van der Waals surface area contributed by atoms with Crippen LogP contribution in [0.3, 0.4) is 0 Å². The first-order valence-electron chi connectivity index (χ1n) is 5.70. The predicted octanol–water partition coefficient (Wildman–Crippen LogP) is 1.14. The van der Waals surface area contributed by atoms with Gasteiger partial charge in [0, 0.05) is 18.2 Å². The van der Waals surface area contributed by atoms with Crippen molar-refractivity contribution < 1.29 is 19.3 Å². The molecule has 1 aromatic carbocycles. The Morgan fingerprint density at radius 2 is 2.21 bits per heavy atom. The number of ether oxygens (including phenoxy) is 1. The third-order valence-corrected chi connectivity index (χ3v) is 2.45. The molecule has 7 nitrogen and oxygen atoms in total. The molecule has 104 valence electrons. The Bertz CT molecular complexity index is 461. The summed E-state index contributed by atoms with van der Waals surface area (Å²) in [5.41, 5.74) is 4.10. The summed E-state index contributed by atoms with van der Waals surface area (Å²) in [5.74, 6) is -0.492. The van der Waals surface area contributed by atoms with Crippen LogP contribution in [0.15, 0.2) is 18.2 Å². The monoisotopic (exact) mass is 268 g/mol. The standard InChI is InChI=1S/C12H16N2O5/c1-9-3-4-10(11(7-9)14(16)17)5-6-13-19-8-12(15)18-2/h3-4,7,13H,5-6,8H2,1-2H3. The molecule has 0 heterocycles. The van der Waals surface area contributed by atoms with Crippen LogP contribution in [0.25, 0.3) is 0 Å². The van der Waals surface area contributed by atoms with Crippen LogP contribution < -0.4 is 5.48 Å². The molecule has 1 aromatic rings. The number of carbonyl (C=O) groups excluding carboxylic acids is 1. The molecule has 0 fully saturated rings. The molecule has 0 spiro atoms. The van der Waals surface area contributed by atoms with Crippen LogP contribution >= 0.6 is 0 Å². The van der Waals surface area contributed by atoms with Gasteiger partial charge in [0.05, 0.1) is 12.0 Å². The van der Waals surface area contributed by atoms with Gasteiger partial charge in [-0.05, 0) is 18.9 Å². The van der Waals surface area contributed by atoms with Crippen molar-refractivity contribution in [2.45, 2.75) is 13.3 Å². The lowest BCUT2D eigenvalue weighted by Gasteiger charge is -2.06. The SMILES string of the molecule is COC(=O)CONCCc1ccc(C)cc1[N+](=O)[O-]. The van der Waals surface area contributed by atoms with Crippen LogP contribution in [-0.4, -0.2) is 31.2 Å². The molecule has 19 heavy (non-hydrogen) atoms. The zero-order chi connectivity index (χ0) is 14.3. The number of hydroxylamine groups is 1. The second-order valence-corrected chi connectivity index (χ2v) is 3.90. The summed E-state index contributed by atoms with van der Waals surface area (Å²) in [7, 11) is 1.27. The second kappa shape index (κ2) is 7.45. The van der Waals surface area contributed by atoms with E-state index in [9.17, 15) is 14.9 Å². The van der Waals surface area contributed by atoms with Gasteiger partial charge in [0.15, 0.2) is 6.61 Å². The van der Waals surface area contributed by atoms with Gasteiger partial charge in [0.25, 0.3) is 5.69 Å². The Kier molecular flexibility index (Phi) is 5.91. The van der Waals surface area contributed by atoms with Crippen molar-refractivity contribution in [3.8, 4) is 0 Å². The van der Waals surface area contributed by atoms with E-state index >= 15 is 0 Å². The summed E-state index contributed by atoms with van der Waals surface area (Å²) < 4.78 is 4.39. The van der Waals surface area contributed by atoms with Gasteiger partial charge in [0.1, 0.15) is 0 Å². The molecule has 0 saturated carbocycles. The van der Waals surface area contributed by atoms with E-state index in [0.717, 1.165) is 5.56 Å². The molecule has 7 heteroatoms. The minimum Gasteiger partial charge on any atom is -0.467 e. The summed E-state index contributed by atoms with van der Waals surface area (Å²) in [4.78, 5) is 26.1. The van der Waals surface area contributed by atoms with Crippen molar-refractivity contribution in [3.63, 3.8) is 0 Å². The molecular formula is C12H16N2O5. The zero-order valence-electron chi connectivity index (χ0n) is 10.8. The van der Waals surface area contributed by atoms with E-state index in [4.69, 9.17) is 4.84 Å². The molecule has 0 aromatic heterocycles. The summed E-state index contributed by atoms with van der Waals surface area (Å²) in [6.07, 6.45) is 0.428. The lowest BCUT2D eigenvalue weighted by Crippen LogP contribution is -2.23. The third-order valence-electron chi connectivity index (χ3n) is 2.45. The fourth-order valence-electron chi connectivity index (χ4n) is 1.48. The molecule has 1 N–H and O–H groups in total. The number of benzene rings is 1. The summed E-state index contributed by atoms with van der Waals surface area (Å²) in [5, 5.41) is 10.9. The highest BCUT2D eigenvalue weighted by Crippen LogP contribution is 2.20. The Labute approximate surface area is 110 Å². The number of rotatable bonds is 7. The topological polar surface area (TPSA) is 90.7 Å². The minimum absolute atomic E-state index is 0.0924. The van der Waals surface area contributed by atoms with Crippen LogP contribution in [0.4, 0.5) is 5.69 Å². The smallest absolute Gasteiger partial charge is 0.333 e. The molecule has 1 rings (SSSR count). The number of nitro benzene ring substituents is 1. The van der Waals surface area contributed by atoms with Gasteiger partial charge >= 0.3 is 5.97 Å². The third kappa shape index (κ3) is 5.02. The highest BCUT2D eigenvalue weighted by molar-refractivity contribution is 5.70. The van der Waals surface area contributed by atoms with E-state index in [1.807, 2.05) is 6.07 Å². The Morgan fingerprint density at radius 3 is 2.84 bits per heavy atom. The molecule has 0 atom stereocenters. The van der Waals surface area contributed by atoms with E-state index < -0.39 is 10.9 Å². The number of hydrogen-bond acceptors (Lipinski definition) is 6. The molecule has 0 aliphatic rings. The highest BCUT2D eigenvalue weighted by atomic mass is 16.7. The number of nitro groups is 1. The van der Waals surface area contributed by atoms with E-state index in [1.54, 1.807) is 13.0 Å². The Hall–Kier alpha value is -1.99. The quantitative estimate of drug-likeness (QED) is 0.345. The number of nitrogens with one attached hydrogen (secondary N) is 1. The van der Waals surface area contributed by atoms with E-state index in [2.05, 4.69) is 10.2 Å². The predicted molar refractivity (Wildman–Crippen MR) is 67.5 cm³/mol. The molecular weight excluding hydrogens is 252 g/mol. The van der Waals surface area contributed by atoms with Gasteiger partial charge in [0.2, 0.25) is 0 Å².